The summed E-state index contributed by atoms with van der Waals surface area (Å²) in [5, 5.41) is 4.80. The second-order valence-electron chi connectivity index (χ2n) is 2.88. The third-order valence-electron chi connectivity index (χ3n) is 1.82. The molecule has 0 aliphatic carbocycles. The summed E-state index contributed by atoms with van der Waals surface area (Å²) >= 11 is 14.9. The van der Waals surface area contributed by atoms with E-state index in [1.54, 1.807) is 6.07 Å². The Morgan fingerprint density at radius 1 is 1.38 bits per heavy atom. The van der Waals surface area contributed by atoms with Gasteiger partial charge in [-0.2, -0.15) is 5.10 Å². The van der Waals surface area contributed by atoms with E-state index < -0.39 is 0 Å². The molecule has 0 aromatic carbocycles. The van der Waals surface area contributed by atoms with Gasteiger partial charge in [0.1, 0.15) is 10.3 Å². The predicted octanol–water partition coefficient (Wildman–Crippen LogP) is 3.15. The number of hydrogen-bond donors (Lipinski definition) is 0. The minimum absolute atomic E-state index is 0.325. The van der Waals surface area contributed by atoms with Crippen molar-refractivity contribution in [3.63, 3.8) is 0 Å². The number of pyridine rings is 1. The Hall–Kier alpha value is -0.910. The van der Waals surface area contributed by atoms with Gasteiger partial charge in [-0.1, -0.05) is 23.2 Å². The van der Waals surface area contributed by atoms with E-state index in [1.807, 2.05) is 0 Å². The highest BCUT2D eigenvalue weighted by atomic mass is 79.9. The number of carbonyl (C=O) groups excluding carboxylic acids is 1. The van der Waals surface area contributed by atoms with Gasteiger partial charge in [-0.3, -0.25) is 4.79 Å². The summed E-state index contributed by atoms with van der Waals surface area (Å²) in [6.45, 7) is 0. The van der Waals surface area contributed by atoms with Crippen LogP contribution < -0.4 is 0 Å². The van der Waals surface area contributed by atoms with E-state index in [0.717, 1.165) is 0 Å². The molecular weight excluding hydrogens is 317 g/mol. The van der Waals surface area contributed by atoms with Gasteiger partial charge in [-0.05, 0) is 22.0 Å². The highest BCUT2D eigenvalue weighted by Crippen LogP contribution is 2.23. The first-order chi connectivity index (χ1) is 7.61. The maximum absolute atomic E-state index is 10.8. The molecule has 0 bridgehead atoms. The van der Waals surface area contributed by atoms with Crippen LogP contribution in [0.3, 0.4) is 0 Å². The fourth-order valence-electron chi connectivity index (χ4n) is 1.18. The molecule has 0 spiro atoms. The fourth-order valence-corrected chi connectivity index (χ4v) is 2.04. The average Bonchev–Trinajstić information content (AvgIpc) is 2.59. The van der Waals surface area contributed by atoms with Gasteiger partial charge in [-0.15, -0.1) is 0 Å². The van der Waals surface area contributed by atoms with Gasteiger partial charge in [0, 0.05) is 12.3 Å². The molecule has 2 aromatic heterocycles. The van der Waals surface area contributed by atoms with Crippen molar-refractivity contribution < 1.29 is 4.79 Å². The van der Waals surface area contributed by atoms with Gasteiger partial charge in [0.15, 0.2) is 12.1 Å². The zero-order chi connectivity index (χ0) is 11.7. The number of hydrogen-bond acceptors (Lipinski definition) is 3. The van der Waals surface area contributed by atoms with Crippen molar-refractivity contribution in [3.8, 4) is 5.82 Å². The Bertz CT molecular complexity index is 556. The van der Waals surface area contributed by atoms with E-state index >= 15 is 0 Å². The first kappa shape index (κ1) is 11.6. The van der Waals surface area contributed by atoms with E-state index in [-0.39, 0.29) is 0 Å². The van der Waals surface area contributed by atoms with Gasteiger partial charge < -0.3 is 0 Å². The van der Waals surface area contributed by atoms with Crippen LogP contribution in [0.4, 0.5) is 0 Å². The largest absolute Gasteiger partial charge is 0.296 e. The summed E-state index contributed by atoms with van der Waals surface area (Å²) in [5.74, 6) is 0.360. The Morgan fingerprint density at radius 3 is 2.75 bits per heavy atom. The number of rotatable bonds is 2. The van der Waals surface area contributed by atoms with Crippen LogP contribution in [0.15, 0.2) is 22.9 Å². The lowest BCUT2D eigenvalue weighted by Crippen LogP contribution is -2.04. The highest BCUT2D eigenvalue weighted by molar-refractivity contribution is 9.10. The van der Waals surface area contributed by atoms with Crippen LogP contribution in [0.2, 0.25) is 10.0 Å². The van der Waals surface area contributed by atoms with Crippen LogP contribution in [0.1, 0.15) is 10.5 Å². The van der Waals surface area contributed by atoms with Crippen molar-refractivity contribution in [3.05, 3.63) is 38.7 Å². The van der Waals surface area contributed by atoms with Crippen molar-refractivity contribution >= 4 is 45.4 Å². The quantitative estimate of drug-likeness (QED) is 0.799. The summed E-state index contributed by atoms with van der Waals surface area (Å²) < 4.78 is 1.87. The molecule has 2 rings (SSSR count). The predicted molar refractivity (Wildman–Crippen MR) is 64.5 cm³/mol. The van der Waals surface area contributed by atoms with Crippen LogP contribution in [0, 0.1) is 0 Å². The van der Waals surface area contributed by atoms with Crippen LogP contribution in [0.5, 0.6) is 0 Å². The van der Waals surface area contributed by atoms with Crippen LogP contribution >= 0.6 is 39.1 Å². The molecule has 0 aliphatic rings. The summed E-state index contributed by atoms with van der Waals surface area (Å²) in [4.78, 5) is 14.8. The molecule has 0 atom stereocenters. The maximum Gasteiger partial charge on any atom is 0.173 e. The molecule has 2 aromatic rings. The smallest absolute Gasteiger partial charge is 0.173 e. The molecule has 7 heteroatoms. The molecule has 0 fully saturated rings. The molecular formula is C9H4BrCl2N3O. The average molecular weight is 321 g/mol. The lowest BCUT2D eigenvalue weighted by Gasteiger charge is -2.04. The molecule has 16 heavy (non-hydrogen) atoms. The van der Waals surface area contributed by atoms with Crippen molar-refractivity contribution in [2.45, 2.75) is 0 Å². The van der Waals surface area contributed by atoms with Crippen molar-refractivity contribution in [1.29, 1.82) is 0 Å². The number of aldehydes is 1. The van der Waals surface area contributed by atoms with Crippen LogP contribution in [-0.2, 0) is 0 Å². The first-order valence-corrected chi connectivity index (χ1v) is 5.69. The summed E-state index contributed by atoms with van der Waals surface area (Å²) in [7, 11) is 0. The third-order valence-corrected chi connectivity index (χ3v) is 2.69. The van der Waals surface area contributed by atoms with E-state index in [0.29, 0.717) is 32.4 Å². The monoisotopic (exact) mass is 319 g/mol. The molecule has 82 valence electrons. The number of aromatic nitrogens is 3. The van der Waals surface area contributed by atoms with Gasteiger partial charge >= 0.3 is 0 Å². The van der Waals surface area contributed by atoms with E-state index in [9.17, 15) is 4.79 Å². The molecule has 0 saturated carbocycles. The molecule has 2 heterocycles. The lowest BCUT2D eigenvalue weighted by molar-refractivity contribution is 0.111. The molecule has 4 nitrogen and oxygen atoms in total. The Kier molecular flexibility index (Phi) is 3.28. The number of halogens is 3. The van der Waals surface area contributed by atoms with E-state index in [1.165, 1.54) is 16.9 Å². The van der Waals surface area contributed by atoms with Crippen molar-refractivity contribution in [2.75, 3.05) is 0 Å². The zero-order valence-corrected chi connectivity index (χ0v) is 10.8. The molecule has 0 unspecified atom stereocenters. The zero-order valence-electron chi connectivity index (χ0n) is 7.69. The van der Waals surface area contributed by atoms with E-state index in [2.05, 4.69) is 26.0 Å². The van der Waals surface area contributed by atoms with Gasteiger partial charge in [0.05, 0.1) is 10.0 Å². The maximum atomic E-state index is 10.8. The summed E-state index contributed by atoms with van der Waals surface area (Å²) in [6.07, 6.45) is 2.11. The molecule has 0 saturated heterocycles. The Morgan fingerprint density at radius 2 is 2.12 bits per heavy atom. The van der Waals surface area contributed by atoms with Crippen LogP contribution in [0.25, 0.3) is 5.82 Å². The summed E-state index contributed by atoms with van der Waals surface area (Å²) in [6, 6.07) is 3.11. The number of nitrogens with zero attached hydrogens (tertiary/aromatic N) is 3. The highest BCUT2D eigenvalue weighted by Gasteiger charge is 2.12. The number of carbonyl (C=O) groups is 1. The van der Waals surface area contributed by atoms with Gasteiger partial charge in [-0.25, -0.2) is 9.67 Å². The van der Waals surface area contributed by atoms with Gasteiger partial charge in [0.25, 0.3) is 0 Å². The fraction of sp³-hybridized carbons (Fsp3) is 0. The first-order valence-electron chi connectivity index (χ1n) is 4.14. The minimum Gasteiger partial charge on any atom is -0.296 e. The summed E-state index contributed by atoms with van der Waals surface area (Å²) in [5.41, 5.74) is 0.351. The van der Waals surface area contributed by atoms with E-state index in [4.69, 9.17) is 23.2 Å². The Balaban J connectivity index is 2.62. The van der Waals surface area contributed by atoms with Crippen molar-refractivity contribution in [1.82, 2.24) is 14.8 Å². The molecule has 0 radical (unpaired) electrons. The second kappa shape index (κ2) is 4.53. The normalized spacial score (nSPS) is 10.4. The Labute approximate surface area is 109 Å². The standard InChI is InChI=1S/C9H4BrCl2N3O/c10-8-2-6(4-16)15(14-8)9-7(12)1-5(11)3-13-9/h1-4H. The lowest BCUT2D eigenvalue weighted by atomic mass is 10.4. The second-order valence-corrected chi connectivity index (χ2v) is 4.54. The van der Waals surface area contributed by atoms with Gasteiger partial charge in [0.2, 0.25) is 0 Å². The third kappa shape index (κ3) is 2.11. The molecule has 0 N–H and O–H groups in total. The SMILES string of the molecule is O=Cc1cc(Br)nn1-c1ncc(Cl)cc1Cl. The molecule has 0 aliphatic heterocycles. The van der Waals surface area contributed by atoms with Crippen molar-refractivity contribution in [2.24, 2.45) is 0 Å². The molecule has 0 amide bonds. The minimum atomic E-state index is 0.325. The van der Waals surface area contributed by atoms with Crippen LogP contribution in [-0.4, -0.2) is 21.1 Å². The topological polar surface area (TPSA) is 47.8 Å².